The molecule has 0 saturated carbocycles. The van der Waals surface area contributed by atoms with Crippen molar-refractivity contribution in [1.82, 2.24) is 14.5 Å². The van der Waals surface area contributed by atoms with Gasteiger partial charge in [0.1, 0.15) is 0 Å². The fourth-order valence-electron chi connectivity index (χ4n) is 1.42. The Balaban J connectivity index is 2.27. The fourth-order valence-corrected chi connectivity index (χ4v) is 2.79. The predicted octanol–water partition coefficient (Wildman–Crippen LogP) is 1.85. The van der Waals surface area contributed by atoms with Crippen LogP contribution in [-0.4, -0.2) is 24.1 Å². The number of carbonyl (C=O) groups is 1. The summed E-state index contributed by atoms with van der Waals surface area (Å²) >= 11 is 11.5. The summed E-state index contributed by atoms with van der Waals surface area (Å²) in [6, 6.07) is 3.77. The number of rotatable bonds is 3. The van der Waals surface area contributed by atoms with E-state index in [1.807, 2.05) is 4.72 Å². The van der Waals surface area contributed by atoms with Crippen LogP contribution in [0.2, 0.25) is 10.0 Å². The number of aryl methyl sites for hydroxylation is 1. The van der Waals surface area contributed by atoms with Gasteiger partial charge in [-0.25, -0.2) is 13.1 Å². The minimum absolute atomic E-state index is 0.0865. The molecule has 9 heteroatoms. The molecule has 0 bridgehead atoms. The zero-order valence-corrected chi connectivity index (χ0v) is 12.5. The molecule has 106 valence electrons. The molecular weight excluding hydrogens is 325 g/mol. The molecule has 1 amide bonds. The number of hydrogen-bond acceptors (Lipinski definition) is 4. The first-order valence-electron chi connectivity index (χ1n) is 5.30. The quantitative estimate of drug-likeness (QED) is 0.929. The van der Waals surface area contributed by atoms with Gasteiger partial charge in [-0.05, 0) is 18.2 Å². The van der Waals surface area contributed by atoms with Crippen molar-refractivity contribution in [1.29, 1.82) is 0 Å². The number of benzene rings is 1. The molecule has 0 aliphatic heterocycles. The van der Waals surface area contributed by atoms with Crippen LogP contribution in [0.1, 0.15) is 10.4 Å². The summed E-state index contributed by atoms with van der Waals surface area (Å²) in [4.78, 5) is 11.6. The summed E-state index contributed by atoms with van der Waals surface area (Å²) in [5.74, 6) is -0.774. The maximum atomic E-state index is 12.0. The summed E-state index contributed by atoms with van der Waals surface area (Å²) in [5, 5.41) is 4.10. The molecular formula is C11H9Cl2N3O3S. The van der Waals surface area contributed by atoms with Gasteiger partial charge in [0, 0.05) is 13.2 Å². The van der Waals surface area contributed by atoms with E-state index >= 15 is 0 Å². The van der Waals surface area contributed by atoms with E-state index in [-0.39, 0.29) is 20.5 Å². The molecule has 2 rings (SSSR count). The fraction of sp³-hybridized carbons (Fsp3) is 0.0909. The molecule has 1 N–H and O–H groups in total. The normalized spacial score (nSPS) is 11.3. The van der Waals surface area contributed by atoms with Gasteiger partial charge in [0.05, 0.1) is 26.7 Å². The highest BCUT2D eigenvalue weighted by Crippen LogP contribution is 2.24. The van der Waals surface area contributed by atoms with E-state index in [9.17, 15) is 13.2 Å². The van der Waals surface area contributed by atoms with E-state index in [1.165, 1.54) is 35.3 Å². The number of hydrogen-bond donors (Lipinski definition) is 1. The zero-order valence-electron chi connectivity index (χ0n) is 10.2. The monoisotopic (exact) mass is 333 g/mol. The minimum atomic E-state index is -4.02. The van der Waals surface area contributed by atoms with E-state index in [0.717, 1.165) is 0 Å². The van der Waals surface area contributed by atoms with Gasteiger partial charge in [0.2, 0.25) is 0 Å². The summed E-state index contributed by atoms with van der Waals surface area (Å²) in [6.07, 6.45) is 2.67. The van der Waals surface area contributed by atoms with Gasteiger partial charge in [-0.3, -0.25) is 9.48 Å². The van der Waals surface area contributed by atoms with Crippen LogP contribution >= 0.6 is 23.2 Å². The second-order valence-corrected chi connectivity index (χ2v) is 6.41. The number of aromatic nitrogens is 2. The lowest BCUT2D eigenvalue weighted by Crippen LogP contribution is -2.30. The molecule has 0 fully saturated rings. The van der Waals surface area contributed by atoms with Crippen LogP contribution in [0.4, 0.5) is 0 Å². The first-order valence-corrected chi connectivity index (χ1v) is 7.54. The first kappa shape index (κ1) is 14.8. The van der Waals surface area contributed by atoms with Gasteiger partial charge in [0.25, 0.3) is 15.9 Å². The average molecular weight is 334 g/mol. The minimum Gasteiger partial charge on any atom is -0.275 e. The Hall–Kier alpha value is -1.57. The van der Waals surface area contributed by atoms with Crippen molar-refractivity contribution >= 4 is 39.1 Å². The van der Waals surface area contributed by atoms with E-state index in [0.29, 0.717) is 0 Å². The Morgan fingerprint density at radius 2 is 2.00 bits per heavy atom. The van der Waals surface area contributed by atoms with Crippen molar-refractivity contribution in [3.8, 4) is 0 Å². The summed E-state index contributed by atoms with van der Waals surface area (Å²) in [6.45, 7) is 0. The number of nitrogens with zero attached hydrogens (tertiary/aromatic N) is 2. The highest BCUT2D eigenvalue weighted by Gasteiger charge is 2.20. The molecule has 0 aliphatic carbocycles. The molecule has 1 aromatic heterocycles. The Morgan fingerprint density at radius 3 is 2.55 bits per heavy atom. The molecule has 0 radical (unpaired) electrons. The number of nitrogens with one attached hydrogen (secondary N) is 1. The second kappa shape index (κ2) is 5.43. The molecule has 0 aliphatic rings. The third kappa shape index (κ3) is 3.12. The van der Waals surface area contributed by atoms with Gasteiger partial charge in [-0.1, -0.05) is 23.2 Å². The molecule has 1 heterocycles. The van der Waals surface area contributed by atoms with Crippen LogP contribution in [0, 0.1) is 0 Å². The molecule has 0 spiro atoms. The van der Waals surface area contributed by atoms with Crippen LogP contribution in [0.15, 0.2) is 35.5 Å². The van der Waals surface area contributed by atoms with Gasteiger partial charge in [-0.2, -0.15) is 5.10 Å². The summed E-state index contributed by atoms with van der Waals surface area (Å²) in [5.41, 5.74) is 0.135. The average Bonchev–Trinajstić information content (AvgIpc) is 2.79. The van der Waals surface area contributed by atoms with Crippen molar-refractivity contribution in [3.63, 3.8) is 0 Å². The van der Waals surface area contributed by atoms with Gasteiger partial charge in [0.15, 0.2) is 0 Å². The molecule has 6 nitrogen and oxygen atoms in total. The number of halogens is 2. The highest BCUT2D eigenvalue weighted by molar-refractivity contribution is 7.90. The highest BCUT2D eigenvalue weighted by atomic mass is 35.5. The smallest absolute Gasteiger partial charge is 0.268 e. The summed E-state index contributed by atoms with van der Waals surface area (Å²) in [7, 11) is -2.40. The Bertz CT molecular complexity index is 771. The van der Waals surface area contributed by atoms with Crippen LogP contribution in [0.25, 0.3) is 0 Å². The second-order valence-electron chi connectivity index (χ2n) is 3.91. The van der Waals surface area contributed by atoms with Gasteiger partial charge < -0.3 is 0 Å². The number of amides is 1. The standard InChI is InChI=1S/C11H9Cl2N3O3S/c1-16-6-7(5-14-16)11(17)15-20(18,19)8-2-3-9(12)10(13)4-8/h2-6H,1H3,(H,15,17). The van der Waals surface area contributed by atoms with Crippen molar-refractivity contribution < 1.29 is 13.2 Å². The van der Waals surface area contributed by atoms with Crippen molar-refractivity contribution in [2.75, 3.05) is 0 Å². The van der Waals surface area contributed by atoms with Gasteiger partial charge in [-0.15, -0.1) is 0 Å². The van der Waals surface area contributed by atoms with E-state index < -0.39 is 15.9 Å². The zero-order chi connectivity index (χ0) is 14.9. The Morgan fingerprint density at radius 1 is 1.30 bits per heavy atom. The number of carbonyl (C=O) groups excluding carboxylic acids is 1. The third-order valence-electron chi connectivity index (χ3n) is 2.40. The molecule has 2 aromatic rings. The van der Waals surface area contributed by atoms with Crippen molar-refractivity contribution in [2.24, 2.45) is 7.05 Å². The SMILES string of the molecule is Cn1cc(C(=O)NS(=O)(=O)c2ccc(Cl)c(Cl)c2)cn1. The van der Waals surface area contributed by atoms with Crippen molar-refractivity contribution in [3.05, 3.63) is 46.2 Å². The van der Waals surface area contributed by atoms with E-state index in [1.54, 1.807) is 7.05 Å². The van der Waals surface area contributed by atoms with Crippen LogP contribution in [0.5, 0.6) is 0 Å². The molecule has 0 unspecified atom stereocenters. The Kier molecular flexibility index (Phi) is 4.03. The van der Waals surface area contributed by atoms with Crippen molar-refractivity contribution in [2.45, 2.75) is 4.90 Å². The third-order valence-corrected chi connectivity index (χ3v) is 4.46. The molecule has 1 aromatic carbocycles. The lowest BCUT2D eigenvalue weighted by molar-refractivity contribution is 0.0981. The maximum Gasteiger partial charge on any atom is 0.268 e. The molecule has 0 saturated heterocycles. The van der Waals surface area contributed by atoms with E-state index in [4.69, 9.17) is 23.2 Å². The lowest BCUT2D eigenvalue weighted by atomic mass is 10.4. The van der Waals surface area contributed by atoms with Crippen LogP contribution in [-0.2, 0) is 17.1 Å². The van der Waals surface area contributed by atoms with Crippen LogP contribution in [0.3, 0.4) is 0 Å². The predicted molar refractivity (Wildman–Crippen MR) is 74.3 cm³/mol. The number of sulfonamides is 1. The van der Waals surface area contributed by atoms with Crippen LogP contribution < -0.4 is 4.72 Å². The lowest BCUT2D eigenvalue weighted by Gasteiger charge is -2.06. The Labute approximate surface area is 125 Å². The summed E-state index contributed by atoms with van der Waals surface area (Å²) < 4.78 is 27.4. The topological polar surface area (TPSA) is 81.1 Å². The molecule has 0 atom stereocenters. The van der Waals surface area contributed by atoms with Gasteiger partial charge >= 0.3 is 0 Å². The first-order chi connectivity index (χ1) is 9.29. The van der Waals surface area contributed by atoms with E-state index in [2.05, 4.69) is 5.10 Å². The molecule has 20 heavy (non-hydrogen) atoms. The maximum absolute atomic E-state index is 12.0. The largest absolute Gasteiger partial charge is 0.275 e.